The number of carboxylic acid groups (broad SMARTS) is 1. The Morgan fingerprint density at radius 1 is 1.28 bits per heavy atom. The zero-order valence-corrected chi connectivity index (χ0v) is 11.0. The molecule has 1 aliphatic carbocycles. The number of rotatable bonds is 5. The Labute approximate surface area is 108 Å². The molecule has 0 saturated heterocycles. The highest BCUT2D eigenvalue weighted by Gasteiger charge is 2.23. The molecule has 1 amide bonds. The highest BCUT2D eigenvalue weighted by molar-refractivity contribution is 5.86. The van der Waals surface area contributed by atoms with Crippen molar-refractivity contribution in [3.8, 4) is 0 Å². The van der Waals surface area contributed by atoms with Gasteiger partial charge in [-0.25, -0.2) is 0 Å². The first-order valence-electron chi connectivity index (χ1n) is 6.78. The molecule has 1 saturated carbocycles. The average Bonchev–Trinajstić information content (AvgIpc) is 2.56. The zero-order valence-electron chi connectivity index (χ0n) is 11.0. The monoisotopic (exact) mass is 256 g/mol. The predicted octanol–water partition coefficient (Wildman–Crippen LogP) is 1.26. The first kappa shape index (κ1) is 15.0. The number of aliphatic carboxylic acids is 1. The number of amides is 1. The predicted molar refractivity (Wildman–Crippen MR) is 69.0 cm³/mol. The molecule has 0 spiro atoms. The summed E-state index contributed by atoms with van der Waals surface area (Å²) in [6, 6.07) is -0.869. The molecule has 4 N–H and O–H groups in total. The average molecular weight is 256 g/mol. The summed E-state index contributed by atoms with van der Waals surface area (Å²) in [6.07, 6.45) is 6.93. The minimum atomic E-state index is -1.04. The molecule has 2 atom stereocenters. The minimum Gasteiger partial charge on any atom is -0.481 e. The maximum atomic E-state index is 11.7. The molecular weight excluding hydrogens is 232 g/mol. The third-order valence-corrected chi connectivity index (χ3v) is 3.71. The molecule has 5 nitrogen and oxygen atoms in total. The largest absolute Gasteiger partial charge is 0.481 e. The lowest BCUT2D eigenvalue weighted by atomic mass is 9.93. The summed E-state index contributed by atoms with van der Waals surface area (Å²) < 4.78 is 0. The van der Waals surface area contributed by atoms with Gasteiger partial charge in [0.1, 0.15) is 0 Å². The fourth-order valence-electron chi connectivity index (χ4n) is 2.54. The second-order valence-corrected chi connectivity index (χ2v) is 5.25. The van der Waals surface area contributed by atoms with E-state index in [4.69, 9.17) is 10.8 Å². The maximum Gasteiger partial charge on any atom is 0.305 e. The molecule has 1 rings (SSSR count). The number of carbonyl (C=O) groups excluding carboxylic acids is 1. The Kier molecular flexibility index (Phi) is 6.12. The molecule has 104 valence electrons. The van der Waals surface area contributed by atoms with Crippen molar-refractivity contribution in [1.29, 1.82) is 0 Å². The quantitative estimate of drug-likeness (QED) is 0.646. The Bertz CT molecular complexity index is 286. The molecular formula is C13H24N2O3. The number of carbonyl (C=O) groups is 2. The highest BCUT2D eigenvalue weighted by Crippen LogP contribution is 2.25. The Hall–Kier alpha value is -1.10. The van der Waals surface area contributed by atoms with Crippen molar-refractivity contribution in [3.63, 3.8) is 0 Å². The topological polar surface area (TPSA) is 92.4 Å². The first-order valence-corrected chi connectivity index (χ1v) is 6.78. The van der Waals surface area contributed by atoms with E-state index in [2.05, 4.69) is 5.32 Å². The number of hydrogen-bond acceptors (Lipinski definition) is 3. The van der Waals surface area contributed by atoms with E-state index in [0.717, 1.165) is 12.8 Å². The number of carboxylic acids is 1. The van der Waals surface area contributed by atoms with E-state index in [0.29, 0.717) is 5.92 Å². The number of hydrogen-bond donors (Lipinski definition) is 3. The van der Waals surface area contributed by atoms with Crippen molar-refractivity contribution in [2.24, 2.45) is 11.7 Å². The van der Waals surface area contributed by atoms with Crippen molar-refractivity contribution in [1.82, 2.24) is 5.32 Å². The molecule has 0 aromatic rings. The standard InChI is InChI=1S/C13H24N2O3/c1-9(10-6-4-2-3-5-7-10)15-13(18)11(14)8-12(16)17/h9-11H,2-8,14H2,1H3,(H,15,18)(H,16,17)/t9-,11?/m0/s1. The summed E-state index contributed by atoms with van der Waals surface area (Å²) in [7, 11) is 0. The molecule has 1 aliphatic rings. The van der Waals surface area contributed by atoms with Crippen molar-refractivity contribution in [3.05, 3.63) is 0 Å². The van der Waals surface area contributed by atoms with Crippen molar-refractivity contribution in [2.75, 3.05) is 0 Å². The molecule has 0 aliphatic heterocycles. The van der Waals surface area contributed by atoms with E-state index in [1.165, 1.54) is 25.7 Å². The van der Waals surface area contributed by atoms with Crippen LogP contribution in [0.15, 0.2) is 0 Å². The maximum absolute atomic E-state index is 11.7. The van der Waals surface area contributed by atoms with Crippen LogP contribution in [0.3, 0.4) is 0 Å². The van der Waals surface area contributed by atoms with Crippen molar-refractivity contribution >= 4 is 11.9 Å². The van der Waals surface area contributed by atoms with Gasteiger partial charge in [0.15, 0.2) is 0 Å². The lowest BCUT2D eigenvalue weighted by Gasteiger charge is -2.24. The van der Waals surface area contributed by atoms with E-state index in [-0.39, 0.29) is 18.4 Å². The van der Waals surface area contributed by atoms with Gasteiger partial charge in [-0.05, 0) is 25.7 Å². The molecule has 1 unspecified atom stereocenters. The summed E-state index contributed by atoms with van der Waals surface area (Å²) in [4.78, 5) is 22.2. The molecule has 0 radical (unpaired) electrons. The second kappa shape index (κ2) is 7.36. The van der Waals surface area contributed by atoms with Crippen molar-refractivity contribution in [2.45, 2.75) is 64.0 Å². The van der Waals surface area contributed by atoms with E-state index in [1.807, 2.05) is 6.92 Å². The lowest BCUT2D eigenvalue weighted by molar-refractivity contribution is -0.139. The molecule has 0 aromatic carbocycles. The smallest absolute Gasteiger partial charge is 0.305 e. The Morgan fingerprint density at radius 2 is 1.83 bits per heavy atom. The number of nitrogens with one attached hydrogen (secondary N) is 1. The summed E-state index contributed by atoms with van der Waals surface area (Å²) in [5.41, 5.74) is 5.53. The van der Waals surface area contributed by atoms with Gasteiger partial charge in [0, 0.05) is 6.04 Å². The van der Waals surface area contributed by atoms with Gasteiger partial charge in [-0.15, -0.1) is 0 Å². The van der Waals surface area contributed by atoms with Gasteiger partial charge < -0.3 is 16.2 Å². The van der Waals surface area contributed by atoms with Crippen LogP contribution in [-0.4, -0.2) is 29.1 Å². The Morgan fingerprint density at radius 3 is 2.33 bits per heavy atom. The van der Waals surface area contributed by atoms with Crippen LogP contribution in [-0.2, 0) is 9.59 Å². The Balaban J connectivity index is 2.39. The van der Waals surface area contributed by atoms with Gasteiger partial charge in [-0.1, -0.05) is 25.7 Å². The van der Waals surface area contributed by atoms with Gasteiger partial charge in [0.2, 0.25) is 5.91 Å². The lowest BCUT2D eigenvalue weighted by Crippen LogP contribution is -2.47. The summed E-state index contributed by atoms with van der Waals surface area (Å²) in [5.74, 6) is -0.901. The van der Waals surface area contributed by atoms with Crippen LogP contribution in [0.2, 0.25) is 0 Å². The van der Waals surface area contributed by atoms with Crippen LogP contribution in [0.1, 0.15) is 51.9 Å². The fourth-order valence-corrected chi connectivity index (χ4v) is 2.54. The van der Waals surface area contributed by atoms with Gasteiger partial charge in [-0.3, -0.25) is 9.59 Å². The molecule has 0 heterocycles. The van der Waals surface area contributed by atoms with Crippen LogP contribution >= 0.6 is 0 Å². The van der Waals surface area contributed by atoms with Crippen LogP contribution in [0.25, 0.3) is 0 Å². The van der Waals surface area contributed by atoms with E-state index >= 15 is 0 Å². The van der Waals surface area contributed by atoms with E-state index < -0.39 is 12.0 Å². The van der Waals surface area contributed by atoms with Gasteiger partial charge in [0.05, 0.1) is 12.5 Å². The normalized spacial score (nSPS) is 20.8. The zero-order chi connectivity index (χ0) is 13.5. The van der Waals surface area contributed by atoms with Crippen LogP contribution in [0.5, 0.6) is 0 Å². The molecule has 5 heteroatoms. The second-order valence-electron chi connectivity index (χ2n) is 5.25. The minimum absolute atomic E-state index is 0.0791. The summed E-state index contributed by atoms with van der Waals surface area (Å²) in [5, 5.41) is 11.4. The van der Waals surface area contributed by atoms with Crippen LogP contribution in [0, 0.1) is 5.92 Å². The van der Waals surface area contributed by atoms with Gasteiger partial charge in [-0.2, -0.15) is 0 Å². The molecule has 18 heavy (non-hydrogen) atoms. The van der Waals surface area contributed by atoms with Crippen LogP contribution < -0.4 is 11.1 Å². The van der Waals surface area contributed by atoms with Gasteiger partial charge in [0.25, 0.3) is 0 Å². The van der Waals surface area contributed by atoms with Crippen LogP contribution in [0.4, 0.5) is 0 Å². The molecule has 0 aromatic heterocycles. The van der Waals surface area contributed by atoms with Gasteiger partial charge >= 0.3 is 5.97 Å². The summed E-state index contributed by atoms with van der Waals surface area (Å²) in [6.45, 7) is 1.99. The summed E-state index contributed by atoms with van der Waals surface area (Å²) >= 11 is 0. The highest BCUT2D eigenvalue weighted by atomic mass is 16.4. The molecule has 0 bridgehead atoms. The first-order chi connectivity index (χ1) is 8.50. The number of nitrogens with two attached hydrogens (primary N) is 1. The van der Waals surface area contributed by atoms with E-state index in [1.54, 1.807) is 0 Å². The SMILES string of the molecule is C[C@H](NC(=O)C(N)CC(=O)O)C1CCCCCC1. The van der Waals surface area contributed by atoms with Crippen molar-refractivity contribution < 1.29 is 14.7 Å². The third kappa shape index (κ3) is 5.04. The van der Waals surface area contributed by atoms with E-state index in [9.17, 15) is 9.59 Å². The molecule has 1 fully saturated rings. The third-order valence-electron chi connectivity index (χ3n) is 3.71. The fraction of sp³-hybridized carbons (Fsp3) is 0.846.